The molecule has 2 aromatic carbocycles. The fraction of sp³-hybridized carbons (Fsp3) is 0.562. The monoisotopic (exact) mass is 988 g/mol. The van der Waals surface area contributed by atoms with E-state index in [2.05, 4.69) is 0 Å². The van der Waals surface area contributed by atoms with Crippen molar-refractivity contribution in [2.24, 2.45) is 0 Å². The molecule has 336 valence electrons. The van der Waals surface area contributed by atoms with Crippen molar-refractivity contribution in [3.63, 3.8) is 0 Å². The van der Waals surface area contributed by atoms with Crippen molar-refractivity contribution in [1.82, 2.24) is 9.44 Å². The number of hydrogen-bond donors (Lipinski definition) is 2. The standard InChI is InChI=1S/C32H54F6N2O11S2Si6/c1-54(2,23-21-25-13-17-27(18-14-25)29(41)39-52(43,44)31(33,34)35)47-56(5,6)49-58(9,10)51-59(11,12)50-57(7,8)48-55(3,4)24-22-26-15-19-28(20-16-26)30(42)40-53(45,46)32(36,37)38/h13-20H,21-24H2,1-12H3,(H,39,41)(H,40,42). The first kappa shape index (κ1) is 53.1. The topological polar surface area (TPSA) is 173 Å². The third-order valence-electron chi connectivity index (χ3n) is 8.05. The minimum absolute atomic E-state index is 0.241. The summed E-state index contributed by atoms with van der Waals surface area (Å²) in [5.74, 6) is -2.78. The average molecular weight is 989 g/mol. The number of nitrogens with one attached hydrogen (secondary N) is 2. The molecular formula is C32H54F6N2O11S2Si6. The van der Waals surface area contributed by atoms with E-state index in [4.69, 9.17) is 20.6 Å². The first-order chi connectivity index (χ1) is 26.2. The van der Waals surface area contributed by atoms with E-state index in [1.807, 2.05) is 78.6 Å². The van der Waals surface area contributed by atoms with Crippen LogP contribution in [-0.4, -0.2) is 90.5 Å². The maximum Gasteiger partial charge on any atom is 0.516 e. The molecule has 2 aromatic rings. The molecule has 0 spiro atoms. The van der Waals surface area contributed by atoms with Crippen LogP contribution in [0.1, 0.15) is 31.8 Å². The zero-order chi connectivity index (χ0) is 45.9. The van der Waals surface area contributed by atoms with Gasteiger partial charge in [0.05, 0.1) is 0 Å². The Kier molecular flexibility index (Phi) is 16.9. The number of hydrogen-bond acceptors (Lipinski definition) is 11. The molecular weight excluding hydrogens is 935 g/mol. The Morgan fingerprint density at radius 3 is 0.949 bits per heavy atom. The van der Waals surface area contributed by atoms with Gasteiger partial charge in [0, 0.05) is 11.1 Å². The second kappa shape index (κ2) is 18.7. The summed E-state index contributed by atoms with van der Waals surface area (Å²) in [7, 11) is -27.7. The molecule has 0 heterocycles. The molecule has 59 heavy (non-hydrogen) atoms. The van der Waals surface area contributed by atoms with Crippen molar-refractivity contribution < 1.29 is 73.3 Å². The predicted molar refractivity (Wildman–Crippen MR) is 225 cm³/mol. The van der Waals surface area contributed by atoms with Crippen LogP contribution >= 0.6 is 0 Å². The first-order valence-corrected chi connectivity index (χ1v) is 38.6. The van der Waals surface area contributed by atoms with Crippen LogP contribution in [0.15, 0.2) is 48.5 Å². The molecule has 0 unspecified atom stereocenters. The Balaban J connectivity index is 1.95. The minimum atomic E-state index is -5.83. The van der Waals surface area contributed by atoms with Gasteiger partial charge in [-0.25, -0.2) is 9.44 Å². The zero-order valence-electron chi connectivity index (χ0n) is 35.0. The van der Waals surface area contributed by atoms with Gasteiger partial charge in [-0.2, -0.15) is 43.2 Å². The summed E-state index contributed by atoms with van der Waals surface area (Å²) in [5, 5.41) is 0. The quantitative estimate of drug-likeness (QED) is 0.0975. The van der Waals surface area contributed by atoms with E-state index in [0.717, 1.165) is 20.6 Å². The molecule has 2 rings (SSSR count). The fourth-order valence-corrected chi connectivity index (χ4v) is 36.9. The van der Waals surface area contributed by atoms with E-state index in [1.54, 1.807) is 24.3 Å². The third-order valence-corrected chi connectivity index (χ3v) is 33.2. The lowest BCUT2D eigenvalue weighted by atomic mass is 10.1. The summed E-state index contributed by atoms with van der Waals surface area (Å²) in [6.07, 6.45) is 1.06. The van der Waals surface area contributed by atoms with Gasteiger partial charge in [0.15, 0.2) is 16.6 Å². The zero-order valence-corrected chi connectivity index (χ0v) is 42.7. The summed E-state index contributed by atoms with van der Waals surface area (Å²) in [4.78, 5) is 24.2. The number of aryl methyl sites for hydroxylation is 2. The lowest BCUT2D eigenvalue weighted by Crippen LogP contribution is -2.60. The number of benzene rings is 2. The van der Waals surface area contributed by atoms with E-state index in [9.17, 15) is 52.8 Å². The molecule has 0 aromatic heterocycles. The average Bonchev–Trinajstić information content (AvgIpc) is 2.99. The van der Waals surface area contributed by atoms with Crippen molar-refractivity contribution >= 4 is 82.7 Å². The van der Waals surface area contributed by atoms with Gasteiger partial charge < -0.3 is 20.6 Å². The van der Waals surface area contributed by atoms with E-state index in [0.29, 0.717) is 24.9 Å². The lowest BCUT2D eigenvalue weighted by Gasteiger charge is -2.43. The van der Waals surface area contributed by atoms with E-state index in [-0.39, 0.29) is 11.1 Å². The Morgan fingerprint density at radius 1 is 0.475 bits per heavy atom. The Bertz CT molecular complexity index is 1870. The molecule has 0 bridgehead atoms. The van der Waals surface area contributed by atoms with Crippen LogP contribution in [0.5, 0.6) is 0 Å². The summed E-state index contributed by atoms with van der Waals surface area (Å²) in [6.45, 7) is 23.6. The van der Waals surface area contributed by atoms with Crippen molar-refractivity contribution in [2.75, 3.05) is 0 Å². The van der Waals surface area contributed by atoms with E-state index < -0.39 is 93.8 Å². The van der Waals surface area contributed by atoms with Crippen molar-refractivity contribution in [2.45, 2.75) is 115 Å². The lowest BCUT2D eigenvalue weighted by molar-refractivity contribution is -0.0451. The Morgan fingerprint density at radius 2 is 0.712 bits per heavy atom. The highest BCUT2D eigenvalue weighted by atomic mass is 32.2. The van der Waals surface area contributed by atoms with Gasteiger partial charge in [-0.3, -0.25) is 9.59 Å². The molecule has 0 fully saturated rings. The molecule has 0 atom stereocenters. The second-order valence-electron chi connectivity index (χ2n) is 16.8. The Hall–Kier alpha value is -2.04. The predicted octanol–water partition coefficient (Wildman–Crippen LogP) is 7.93. The van der Waals surface area contributed by atoms with E-state index >= 15 is 0 Å². The highest BCUT2D eigenvalue weighted by Gasteiger charge is 2.49. The van der Waals surface area contributed by atoms with Crippen LogP contribution in [0.3, 0.4) is 0 Å². The normalized spacial score (nSPS) is 14.3. The van der Waals surface area contributed by atoms with Gasteiger partial charge in [0.2, 0.25) is 0 Å². The maximum absolute atomic E-state index is 12.6. The van der Waals surface area contributed by atoms with Crippen molar-refractivity contribution in [1.29, 1.82) is 0 Å². The maximum atomic E-state index is 12.6. The number of sulfonamides is 2. The summed E-state index contributed by atoms with van der Waals surface area (Å²) in [5.41, 5.74) is -10.2. The van der Waals surface area contributed by atoms with Crippen LogP contribution in [-0.2, 0) is 53.5 Å². The number of alkyl halides is 6. The molecule has 2 N–H and O–H groups in total. The fourth-order valence-electron chi connectivity index (χ4n) is 6.31. The first-order valence-electron chi connectivity index (χ1n) is 18.1. The minimum Gasteiger partial charge on any atom is -0.436 e. The van der Waals surface area contributed by atoms with Gasteiger partial charge in [0.1, 0.15) is 0 Å². The van der Waals surface area contributed by atoms with Crippen LogP contribution in [0.2, 0.25) is 90.7 Å². The molecule has 0 radical (unpaired) electrons. The smallest absolute Gasteiger partial charge is 0.436 e. The van der Waals surface area contributed by atoms with Gasteiger partial charge in [-0.05, 0) is 139 Å². The summed E-state index contributed by atoms with van der Waals surface area (Å²) in [6, 6.07) is 12.5. The molecule has 2 amide bonds. The van der Waals surface area contributed by atoms with E-state index in [1.165, 1.54) is 24.3 Å². The summed E-state index contributed by atoms with van der Waals surface area (Å²) < 4.78 is 156. The molecule has 27 heteroatoms. The van der Waals surface area contributed by atoms with Crippen LogP contribution in [0.25, 0.3) is 0 Å². The van der Waals surface area contributed by atoms with Gasteiger partial charge in [0.25, 0.3) is 11.8 Å². The second-order valence-corrected chi connectivity index (χ2v) is 43.5. The van der Waals surface area contributed by atoms with Crippen LogP contribution < -0.4 is 9.44 Å². The van der Waals surface area contributed by atoms with Crippen molar-refractivity contribution in [3.8, 4) is 0 Å². The number of carbonyl (C=O) groups is 2. The number of amides is 2. The Labute approximate surface area is 349 Å². The highest BCUT2D eigenvalue weighted by Crippen LogP contribution is 2.30. The number of rotatable bonds is 20. The molecule has 0 aliphatic carbocycles. The highest BCUT2D eigenvalue weighted by molar-refractivity contribution is 7.91. The SMILES string of the molecule is C[Si](C)(CCc1ccc(C(=O)NS(=O)(=O)C(F)(F)F)cc1)O[Si](C)(C)O[Si](C)(C)O[Si](C)(C)O[Si](C)(C)O[Si](C)(C)CCc1ccc(C(=O)NS(=O)(=O)C(F)(F)F)cc1. The van der Waals surface area contributed by atoms with Gasteiger partial charge >= 0.3 is 65.3 Å². The molecule has 0 aliphatic heterocycles. The molecule has 0 saturated heterocycles. The summed E-state index contributed by atoms with van der Waals surface area (Å²) >= 11 is 0. The van der Waals surface area contributed by atoms with Crippen LogP contribution in [0, 0.1) is 0 Å². The molecule has 13 nitrogen and oxygen atoms in total. The molecule has 0 aliphatic rings. The van der Waals surface area contributed by atoms with Crippen molar-refractivity contribution in [3.05, 3.63) is 70.8 Å². The largest absolute Gasteiger partial charge is 0.516 e. The van der Waals surface area contributed by atoms with Crippen LogP contribution in [0.4, 0.5) is 26.3 Å². The third kappa shape index (κ3) is 17.7. The molecule has 0 saturated carbocycles. The van der Waals surface area contributed by atoms with Gasteiger partial charge in [-0.15, -0.1) is 0 Å². The van der Waals surface area contributed by atoms with Gasteiger partial charge in [-0.1, -0.05) is 24.3 Å². The number of halogens is 6. The number of carbonyl (C=O) groups excluding carboxylic acids is 2.